The Hall–Kier alpha value is -3.19. The highest BCUT2D eigenvalue weighted by Gasteiger charge is 2.42. The van der Waals surface area contributed by atoms with E-state index in [-0.39, 0.29) is 18.4 Å². The molecule has 0 saturated carbocycles. The van der Waals surface area contributed by atoms with Crippen LogP contribution in [0, 0.1) is 0 Å². The van der Waals surface area contributed by atoms with E-state index in [4.69, 9.17) is 4.74 Å². The summed E-state index contributed by atoms with van der Waals surface area (Å²) in [5.74, 6) is -0.535. The van der Waals surface area contributed by atoms with Gasteiger partial charge in [0.15, 0.2) is 0 Å². The molecule has 31 heavy (non-hydrogen) atoms. The van der Waals surface area contributed by atoms with Crippen LogP contribution < -0.4 is 5.32 Å². The minimum atomic E-state index is -0.664. The first-order chi connectivity index (χ1) is 14.8. The monoisotopic (exact) mass is 433 g/mol. The molecule has 1 aromatic carbocycles. The van der Waals surface area contributed by atoms with Crippen molar-refractivity contribution < 1.29 is 14.3 Å². The number of aromatic nitrogens is 1. The number of fused-ring (bicyclic) bond motifs is 3. The molecule has 5 rings (SSSR count). The van der Waals surface area contributed by atoms with Crippen LogP contribution in [0.4, 0.5) is 10.5 Å². The molecule has 2 aromatic heterocycles. The van der Waals surface area contributed by atoms with Crippen molar-refractivity contribution in [2.24, 2.45) is 0 Å². The molecular formula is C24H23N3O3S. The van der Waals surface area contributed by atoms with E-state index in [1.165, 1.54) is 4.90 Å². The summed E-state index contributed by atoms with van der Waals surface area (Å²) in [6, 6.07) is 12.0. The standard InChI is InChI=1S/C24H23N3O3S/c1-24(2,3)30-23(29)27-12-10-17-20(22(27)28)19(18-7-5-13-31-18)15-8-9-16-14(21(15)26-17)6-4-11-25-16/h4-9,11,13,19,26H,10,12H2,1-3H3. The van der Waals surface area contributed by atoms with E-state index in [2.05, 4.69) is 10.3 Å². The Morgan fingerprint density at radius 3 is 2.81 bits per heavy atom. The molecule has 2 aliphatic rings. The van der Waals surface area contributed by atoms with E-state index in [9.17, 15) is 9.59 Å². The lowest BCUT2D eigenvalue weighted by atomic mass is 9.81. The van der Waals surface area contributed by atoms with Gasteiger partial charge in [0.1, 0.15) is 5.60 Å². The number of carbonyl (C=O) groups is 2. The highest BCUT2D eigenvalue weighted by Crippen LogP contribution is 2.47. The third-order valence-corrected chi connectivity index (χ3v) is 6.46. The summed E-state index contributed by atoms with van der Waals surface area (Å²) in [4.78, 5) is 33.1. The predicted octanol–water partition coefficient (Wildman–Crippen LogP) is 5.28. The Bertz CT molecular complexity index is 1220. The number of amides is 2. The molecule has 7 heteroatoms. The number of pyridine rings is 1. The average molecular weight is 434 g/mol. The number of carbonyl (C=O) groups excluding carboxylic acids is 2. The van der Waals surface area contributed by atoms with Crippen LogP contribution in [0.15, 0.2) is 59.2 Å². The predicted molar refractivity (Wildman–Crippen MR) is 121 cm³/mol. The number of nitrogens with zero attached hydrogens (tertiary/aromatic N) is 2. The van der Waals surface area contributed by atoms with Crippen LogP contribution in [0.3, 0.4) is 0 Å². The maximum atomic E-state index is 13.6. The number of thiophene rings is 1. The first-order valence-electron chi connectivity index (χ1n) is 10.3. The highest BCUT2D eigenvalue weighted by atomic mass is 32.1. The smallest absolute Gasteiger partial charge is 0.417 e. The fourth-order valence-electron chi connectivity index (χ4n) is 4.26. The summed E-state index contributed by atoms with van der Waals surface area (Å²) in [7, 11) is 0. The molecule has 0 saturated heterocycles. The zero-order valence-electron chi connectivity index (χ0n) is 17.6. The van der Waals surface area contributed by atoms with Crippen LogP contribution in [-0.2, 0) is 9.53 Å². The second kappa shape index (κ2) is 7.20. The zero-order chi connectivity index (χ0) is 21.8. The molecule has 0 fully saturated rings. The first kappa shape index (κ1) is 19.8. The quantitative estimate of drug-likeness (QED) is 0.566. The Labute approximate surface area is 184 Å². The fourth-order valence-corrected chi connectivity index (χ4v) is 5.11. The van der Waals surface area contributed by atoms with Crippen molar-refractivity contribution in [1.29, 1.82) is 0 Å². The third kappa shape index (κ3) is 3.39. The minimum Gasteiger partial charge on any atom is -0.443 e. The topological polar surface area (TPSA) is 71.5 Å². The first-order valence-corrected chi connectivity index (χ1v) is 11.2. The van der Waals surface area contributed by atoms with Crippen molar-refractivity contribution in [3.8, 4) is 0 Å². The average Bonchev–Trinajstić information content (AvgIpc) is 3.25. The molecule has 0 radical (unpaired) electrons. The molecule has 0 bridgehead atoms. The molecule has 3 aromatic rings. The molecule has 6 nitrogen and oxygen atoms in total. The minimum absolute atomic E-state index is 0.242. The summed E-state index contributed by atoms with van der Waals surface area (Å²) in [6.07, 6.45) is 1.74. The van der Waals surface area contributed by atoms with Crippen molar-refractivity contribution in [1.82, 2.24) is 9.88 Å². The number of rotatable bonds is 1. The van der Waals surface area contributed by atoms with Gasteiger partial charge in [0.2, 0.25) is 0 Å². The van der Waals surface area contributed by atoms with E-state index in [0.29, 0.717) is 12.0 Å². The molecule has 1 atom stereocenters. The number of benzene rings is 1. The van der Waals surface area contributed by atoms with Crippen molar-refractivity contribution in [3.63, 3.8) is 0 Å². The summed E-state index contributed by atoms with van der Waals surface area (Å²) in [5.41, 5.74) is 3.73. The van der Waals surface area contributed by atoms with E-state index < -0.39 is 11.7 Å². The Morgan fingerprint density at radius 1 is 1.23 bits per heavy atom. The normalized spacial score (nSPS) is 18.5. The maximum absolute atomic E-state index is 13.6. The maximum Gasteiger partial charge on any atom is 0.417 e. The molecule has 0 aliphatic carbocycles. The van der Waals surface area contributed by atoms with Gasteiger partial charge in [-0.25, -0.2) is 9.69 Å². The van der Waals surface area contributed by atoms with Crippen LogP contribution in [0.5, 0.6) is 0 Å². The number of ether oxygens (including phenoxy) is 1. The molecule has 1 unspecified atom stereocenters. The van der Waals surface area contributed by atoms with Gasteiger partial charge in [-0.15, -0.1) is 11.3 Å². The summed E-state index contributed by atoms with van der Waals surface area (Å²) < 4.78 is 5.50. The van der Waals surface area contributed by atoms with Crippen molar-refractivity contribution in [3.05, 3.63) is 69.7 Å². The Morgan fingerprint density at radius 2 is 2.06 bits per heavy atom. The molecule has 0 spiro atoms. The van der Waals surface area contributed by atoms with Gasteiger partial charge in [0.25, 0.3) is 5.91 Å². The molecule has 1 N–H and O–H groups in total. The van der Waals surface area contributed by atoms with Gasteiger partial charge in [-0.05, 0) is 56.0 Å². The number of anilines is 1. The number of hydrogen-bond donors (Lipinski definition) is 1. The van der Waals surface area contributed by atoms with Crippen LogP contribution in [0.2, 0.25) is 0 Å². The van der Waals surface area contributed by atoms with Crippen LogP contribution in [0.1, 0.15) is 43.6 Å². The van der Waals surface area contributed by atoms with Gasteiger partial charge in [-0.3, -0.25) is 9.78 Å². The second-order valence-corrected chi connectivity index (χ2v) is 9.73. The lowest BCUT2D eigenvalue weighted by Gasteiger charge is -2.37. The van der Waals surface area contributed by atoms with Gasteiger partial charge < -0.3 is 10.1 Å². The molecule has 2 aliphatic heterocycles. The zero-order valence-corrected chi connectivity index (χ0v) is 18.5. The lowest BCUT2D eigenvalue weighted by Crippen LogP contribution is -2.47. The molecule has 158 valence electrons. The Kier molecular flexibility index (Phi) is 4.59. The van der Waals surface area contributed by atoms with Crippen molar-refractivity contribution >= 4 is 39.9 Å². The third-order valence-electron chi connectivity index (χ3n) is 5.52. The second-order valence-electron chi connectivity index (χ2n) is 8.75. The number of imide groups is 1. The lowest BCUT2D eigenvalue weighted by molar-refractivity contribution is -0.127. The molecular weight excluding hydrogens is 410 g/mol. The van der Waals surface area contributed by atoms with Gasteiger partial charge in [0.05, 0.1) is 17.1 Å². The molecule has 4 heterocycles. The van der Waals surface area contributed by atoms with Crippen LogP contribution in [-0.4, -0.2) is 34.0 Å². The Balaban J connectivity index is 1.63. The summed E-state index contributed by atoms with van der Waals surface area (Å²) in [6.45, 7) is 5.69. The van der Waals surface area contributed by atoms with Crippen LogP contribution >= 0.6 is 11.3 Å². The number of nitrogens with one attached hydrogen (secondary N) is 1. The largest absolute Gasteiger partial charge is 0.443 e. The van der Waals surface area contributed by atoms with Gasteiger partial charge in [-0.2, -0.15) is 0 Å². The van der Waals surface area contributed by atoms with Crippen LogP contribution in [0.25, 0.3) is 10.9 Å². The summed E-state index contributed by atoms with van der Waals surface area (Å²) in [5, 5.41) is 6.55. The van der Waals surface area contributed by atoms with Gasteiger partial charge in [0, 0.05) is 40.7 Å². The molecule has 2 amide bonds. The van der Waals surface area contributed by atoms with Gasteiger partial charge >= 0.3 is 6.09 Å². The van der Waals surface area contributed by atoms with E-state index >= 15 is 0 Å². The number of hydrogen-bond acceptors (Lipinski definition) is 6. The van der Waals surface area contributed by atoms with E-state index in [0.717, 1.165) is 32.7 Å². The van der Waals surface area contributed by atoms with Gasteiger partial charge in [-0.1, -0.05) is 12.1 Å². The SMILES string of the molecule is CC(C)(C)OC(=O)N1CCC2=C(C1=O)C(c1cccs1)c1ccc3ncccc3c1N2. The van der Waals surface area contributed by atoms with E-state index in [1.54, 1.807) is 38.3 Å². The van der Waals surface area contributed by atoms with Crippen molar-refractivity contribution in [2.45, 2.75) is 38.7 Å². The van der Waals surface area contributed by atoms with Crippen molar-refractivity contribution in [2.75, 3.05) is 11.9 Å². The van der Waals surface area contributed by atoms with E-state index in [1.807, 2.05) is 41.8 Å². The highest BCUT2D eigenvalue weighted by molar-refractivity contribution is 7.10. The summed E-state index contributed by atoms with van der Waals surface area (Å²) >= 11 is 1.61. The fraction of sp³-hybridized carbons (Fsp3) is 0.292.